The Morgan fingerprint density at radius 1 is 1.15 bits per heavy atom. The molecule has 1 atom stereocenters. The monoisotopic (exact) mass is 336 g/mol. The van der Waals surface area contributed by atoms with Crippen LogP contribution >= 0.6 is 15.9 Å². The lowest BCUT2D eigenvalue weighted by molar-refractivity contribution is 0.0999. The van der Waals surface area contributed by atoms with Crippen molar-refractivity contribution in [1.29, 1.82) is 0 Å². The summed E-state index contributed by atoms with van der Waals surface area (Å²) in [5.74, 6) is -0.258. The van der Waals surface area contributed by atoms with E-state index in [1.165, 1.54) is 12.1 Å². The second-order valence-electron chi connectivity index (χ2n) is 5.58. The number of hydrogen-bond acceptors (Lipinski definition) is 1. The zero-order valence-electron chi connectivity index (χ0n) is 11.6. The van der Waals surface area contributed by atoms with Gasteiger partial charge in [-0.15, -0.1) is 0 Å². The Labute approximate surface area is 127 Å². The molecule has 0 heterocycles. The third-order valence-corrected chi connectivity index (χ3v) is 4.23. The second kappa shape index (κ2) is 6.06. The number of benzene rings is 2. The summed E-state index contributed by atoms with van der Waals surface area (Å²) in [6.45, 7) is 3.95. The molecule has 0 saturated carbocycles. The van der Waals surface area contributed by atoms with Crippen LogP contribution in [0.4, 0.5) is 4.39 Å². The van der Waals surface area contributed by atoms with Crippen molar-refractivity contribution in [1.82, 2.24) is 0 Å². The highest BCUT2D eigenvalue weighted by molar-refractivity contribution is 9.10. The maximum absolute atomic E-state index is 13.0. The SMILES string of the molecule is CC(C)(c1ccc(F)cc1)C(O)Cc1cccc(Br)c1. The molecule has 2 rings (SSSR count). The summed E-state index contributed by atoms with van der Waals surface area (Å²) < 4.78 is 14.0. The first-order valence-electron chi connectivity index (χ1n) is 6.58. The molecule has 1 N–H and O–H groups in total. The topological polar surface area (TPSA) is 20.2 Å². The van der Waals surface area contributed by atoms with E-state index >= 15 is 0 Å². The summed E-state index contributed by atoms with van der Waals surface area (Å²) in [6.07, 6.45) is 0.0198. The molecule has 0 spiro atoms. The van der Waals surface area contributed by atoms with E-state index in [0.717, 1.165) is 15.6 Å². The van der Waals surface area contributed by atoms with Crippen molar-refractivity contribution in [3.05, 3.63) is 69.9 Å². The molecule has 0 saturated heterocycles. The molecule has 0 aliphatic heterocycles. The van der Waals surface area contributed by atoms with Gasteiger partial charge in [-0.1, -0.05) is 54.0 Å². The molecular weight excluding hydrogens is 319 g/mol. The van der Waals surface area contributed by atoms with Crippen LogP contribution in [0.1, 0.15) is 25.0 Å². The molecule has 1 nitrogen and oxygen atoms in total. The van der Waals surface area contributed by atoms with E-state index < -0.39 is 11.5 Å². The van der Waals surface area contributed by atoms with Gasteiger partial charge in [0.2, 0.25) is 0 Å². The predicted molar refractivity (Wildman–Crippen MR) is 83.3 cm³/mol. The minimum Gasteiger partial charge on any atom is -0.392 e. The smallest absolute Gasteiger partial charge is 0.123 e. The normalized spacial score (nSPS) is 13.2. The van der Waals surface area contributed by atoms with Gasteiger partial charge in [-0.3, -0.25) is 0 Å². The van der Waals surface area contributed by atoms with Gasteiger partial charge >= 0.3 is 0 Å². The molecule has 0 aliphatic rings. The summed E-state index contributed by atoms with van der Waals surface area (Å²) in [6, 6.07) is 14.3. The zero-order valence-corrected chi connectivity index (χ0v) is 13.2. The highest BCUT2D eigenvalue weighted by atomic mass is 79.9. The van der Waals surface area contributed by atoms with Crippen molar-refractivity contribution in [3.8, 4) is 0 Å². The van der Waals surface area contributed by atoms with Gasteiger partial charge in [0.05, 0.1) is 6.10 Å². The van der Waals surface area contributed by atoms with Crippen LogP contribution in [0, 0.1) is 5.82 Å². The third-order valence-electron chi connectivity index (χ3n) is 3.74. The van der Waals surface area contributed by atoms with Gasteiger partial charge in [0.15, 0.2) is 0 Å². The van der Waals surface area contributed by atoms with Gasteiger partial charge in [0, 0.05) is 9.89 Å². The minimum absolute atomic E-state index is 0.258. The predicted octanol–water partition coefficient (Wildman–Crippen LogP) is 4.47. The lowest BCUT2D eigenvalue weighted by Gasteiger charge is -2.31. The number of hydrogen-bond donors (Lipinski definition) is 1. The third kappa shape index (κ3) is 3.47. The number of halogens is 2. The Morgan fingerprint density at radius 3 is 2.40 bits per heavy atom. The van der Waals surface area contributed by atoms with E-state index in [0.29, 0.717) is 6.42 Å². The maximum atomic E-state index is 13.0. The van der Waals surface area contributed by atoms with Crippen molar-refractivity contribution < 1.29 is 9.50 Å². The Kier molecular flexibility index (Phi) is 4.61. The number of rotatable bonds is 4. The quantitative estimate of drug-likeness (QED) is 0.873. The first-order valence-corrected chi connectivity index (χ1v) is 7.37. The van der Waals surface area contributed by atoms with E-state index in [-0.39, 0.29) is 5.82 Å². The van der Waals surface area contributed by atoms with Crippen LogP contribution < -0.4 is 0 Å². The molecule has 0 radical (unpaired) electrons. The van der Waals surface area contributed by atoms with Crippen LogP contribution in [0.15, 0.2) is 53.0 Å². The van der Waals surface area contributed by atoms with Gasteiger partial charge in [0.1, 0.15) is 5.82 Å². The van der Waals surface area contributed by atoms with Crippen molar-refractivity contribution in [2.45, 2.75) is 31.8 Å². The van der Waals surface area contributed by atoms with Gasteiger partial charge < -0.3 is 5.11 Å². The number of aliphatic hydroxyl groups is 1. The fraction of sp³-hybridized carbons (Fsp3) is 0.294. The Bertz CT molecular complexity index is 578. The summed E-state index contributed by atoms with van der Waals surface area (Å²) >= 11 is 3.43. The molecule has 0 bridgehead atoms. The van der Waals surface area contributed by atoms with Crippen molar-refractivity contribution in [3.63, 3.8) is 0 Å². The number of aliphatic hydroxyl groups excluding tert-OH is 1. The fourth-order valence-electron chi connectivity index (χ4n) is 2.21. The Morgan fingerprint density at radius 2 is 1.80 bits per heavy atom. The van der Waals surface area contributed by atoms with Crippen LogP contribution in [0.25, 0.3) is 0 Å². The Hall–Kier alpha value is -1.19. The van der Waals surface area contributed by atoms with Crippen molar-refractivity contribution in [2.24, 2.45) is 0 Å². The standard InChI is InChI=1S/C17H18BrFO/c1-17(2,13-6-8-15(19)9-7-13)16(20)11-12-4-3-5-14(18)10-12/h3-10,16,20H,11H2,1-2H3. The van der Waals surface area contributed by atoms with Crippen LogP contribution in [-0.2, 0) is 11.8 Å². The van der Waals surface area contributed by atoms with Crippen LogP contribution in [0.3, 0.4) is 0 Å². The van der Waals surface area contributed by atoms with E-state index in [1.54, 1.807) is 12.1 Å². The van der Waals surface area contributed by atoms with E-state index in [9.17, 15) is 9.50 Å². The summed E-state index contributed by atoms with van der Waals surface area (Å²) in [5, 5.41) is 10.5. The van der Waals surface area contributed by atoms with E-state index in [4.69, 9.17) is 0 Å². The first-order chi connectivity index (χ1) is 9.39. The molecular formula is C17H18BrFO. The first kappa shape index (κ1) is 15.2. The summed E-state index contributed by atoms with van der Waals surface area (Å²) in [5.41, 5.74) is 1.57. The molecule has 2 aromatic carbocycles. The van der Waals surface area contributed by atoms with Gasteiger partial charge in [0.25, 0.3) is 0 Å². The van der Waals surface area contributed by atoms with Crippen molar-refractivity contribution >= 4 is 15.9 Å². The molecule has 3 heteroatoms. The molecule has 0 amide bonds. The van der Waals surface area contributed by atoms with E-state index in [2.05, 4.69) is 15.9 Å². The highest BCUT2D eigenvalue weighted by Crippen LogP contribution is 2.29. The van der Waals surface area contributed by atoms with Crippen molar-refractivity contribution in [2.75, 3.05) is 0 Å². The average Bonchev–Trinajstić information content (AvgIpc) is 2.39. The highest BCUT2D eigenvalue weighted by Gasteiger charge is 2.29. The summed E-state index contributed by atoms with van der Waals surface area (Å²) in [7, 11) is 0. The molecule has 2 aromatic rings. The van der Waals surface area contributed by atoms with Gasteiger partial charge in [-0.25, -0.2) is 4.39 Å². The zero-order chi connectivity index (χ0) is 14.8. The van der Waals surface area contributed by atoms with Gasteiger partial charge in [-0.2, -0.15) is 0 Å². The average molecular weight is 337 g/mol. The molecule has 20 heavy (non-hydrogen) atoms. The van der Waals surface area contributed by atoms with Gasteiger partial charge in [-0.05, 0) is 41.8 Å². The summed E-state index contributed by atoms with van der Waals surface area (Å²) in [4.78, 5) is 0. The largest absolute Gasteiger partial charge is 0.392 e. The van der Waals surface area contributed by atoms with E-state index in [1.807, 2.05) is 38.1 Å². The fourth-order valence-corrected chi connectivity index (χ4v) is 2.66. The minimum atomic E-state index is -0.540. The molecule has 0 aliphatic carbocycles. The lowest BCUT2D eigenvalue weighted by atomic mass is 9.77. The van der Waals surface area contributed by atoms with Crippen LogP contribution in [-0.4, -0.2) is 11.2 Å². The maximum Gasteiger partial charge on any atom is 0.123 e. The molecule has 0 aromatic heterocycles. The molecule has 106 valence electrons. The molecule has 0 fully saturated rings. The van der Waals surface area contributed by atoms with Crippen LogP contribution in [0.2, 0.25) is 0 Å². The molecule has 1 unspecified atom stereocenters. The lowest BCUT2D eigenvalue weighted by Crippen LogP contribution is -2.35. The van der Waals surface area contributed by atoms with Crippen LogP contribution in [0.5, 0.6) is 0 Å². The second-order valence-corrected chi connectivity index (χ2v) is 6.49. The Balaban J connectivity index is 2.18.